The van der Waals surface area contributed by atoms with Crippen LogP contribution in [0.15, 0.2) is 42.0 Å². The highest BCUT2D eigenvalue weighted by Crippen LogP contribution is 2.22. The smallest absolute Gasteiger partial charge is 0.408 e. The van der Waals surface area contributed by atoms with Crippen LogP contribution in [-0.4, -0.2) is 54.2 Å². The summed E-state index contributed by atoms with van der Waals surface area (Å²) in [4.78, 5) is 36.2. The normalized spacial score (nSPS) is 21.0. The van der Waals surface area contributed by atoms with Gasteiger partial charge in [-0.05, 0) is 32.4 Å². The maximum absolute atomic E-state index is 12.2. The van der Waals surface area contributed by atoms with Gasteiger partial charge in [0.1, 0.15) is 18.3 Å². The van der Waals surface area contributed by atoms with E-state index >= 15 is 0 Å². The Morgan fingerprint density at radius 2 is 1.72 bits per heavy atom. The second-order valence-electron chi connectivity index (χ2n) is 7.46. The van der Waals surface area contributed by atoms with Crippen LogP contribution >= 0.6 is 0 Å². The van der Waals surface area contributed by atoms with Crippen LogP contribution in [0.3, 0.4) is 0 Å². The lowest BCUT2D eigenvalue weighted by molar-refractivity contribution is -0.137. The van der Waals surface area contributed by atoms with E-state index in [0.29, 0.717) is 0 Å². The fourth-order valence-corrected chi connectivity index (χ4v) is 2.74. The first-order valence-electron chi connectivity index (χ1n) is 9.05. The van der Waals surface area contributed by atoms with Crippen molar-refractivity contribution in [1.29, 1.82) is 0 Å². The van der Waals surface area contributed by atoms with Crippen molar-refractivity contribution >= 4 is 18.2 Å². The van der Waals surface area contributed by atoms with Gasteiger partial charge in [-0.15, -0.1) is 0 Å². The Morgan fingerprint density at radius 3 is 2.31 bits per heavy atom. The molecule has 0 saturated carbocycles. The molecule has 3 atom stereocenters. The molecule has 0 heterocycles. The molecule has 0 radical (unpaired) electrons. The zero-order valence-corrected chi connectivity index (χ0v) is 16.8. The average molecular weight is 406 g/mol. The molecule has 0 spiro atoms. The molecule has 2 rings (SSSR count). The van der Waals surface area contributed by atoms with Gasteiger partial charge in [-0.3, -0.25) is 0 Å². The molecule has 2 amide bonds. The number of nitrogens with one attached hydrogen (secondary N) is 2. The van der Waals surface area contributed by atoms with Crippen molar-refractivity contribution in [2.24, 2.45) is 0 Å². The number of aliphatic hydroxyl groups is 1. The molecule has 0 aliphatic heterocycles. The molecule has 0 unspecified atom stereocenters. The molecule has 1 aromatic carbocycles. The first-order valence-corrected chi connectivity index (χ1v) is 9.05. The van der Waals surface area contributed by atoms with Gasteiger partial charge in [0.05, 0.1) is 24.8 Å². The lowest BCUT2D eigenvalue weighted by Crippen LogP contribution is -2.54. The molecule has 0 saturated heterocycles. The van der Waals surface area contributed by atoms with Crippen molar-refractivity contribution in [3.8, 4) is 0 Å². The molecule has 9 heteroatoms. The number of rotatable bonds is 5. The van der Waals surface area contributed by atoms with Crippen molar-refractivity contribution in [2.75, 3.05) is 7.11 Å². The SMILES string of the molecule is COC(=O)C1=C[C@@H](NC(=O)OCc2ccccc2)[C@@H](NC(=O)OC(C)(C)C)[C@@H]1O. The van der Waals surface area contributed by atoms with E-state index in [4.69, 9.17) is 9.47 Å². The molecule has 1 aromatic rings. The lowest BCUT2D eigenvalue weighted by Gasteiger charge is -2.27. The Morgan fingerprint density at radius 1 is 1.07 bits per heavy atom. The van der Waals surface area contributed by atoms with Crippen molar-refractivity contribution in [3.63, 3.8) is 0 Å². The summed E-state index contributed by atoms with van der Waals surface area (Å²) in [5, 5.41) is 15.5. The summed E-state index contributed by atoms with van der Waals surface area (Å²) in [7, 11) is 1.17. The van der Waals surface area contributed by atoms with Crippen molar-refractivity contribution in [3.05, 3.63) is 47.5 Å². The van der Waals surface area contributed by atoms with Crippen LogP contribution in [0.1, 0.15) is 26.3 Å². The third-order valence-electron chi connectivity index (χ3n) is 4.01. The van der Waals surface area contributed by atoms with E-state index in [1.165, 1.54) is 13.2 Å². The Balaban J connectivity index is 2.06. The Bertz CT molecular complexity index is 771. The van der Waals surface area contributed by atoms with Gasteiger partial charge in [0.25, 0.3) is 0 Å². The van der Waals surface area contributed by atoms with Crippen LogP contribution in [0.2, 0.25) is 0 Å². The van der Waals surface area contributed by atoms with Gasteiger partial charge in [0.2, 0.25) is 0 Å². The summed E-state index contributed by atoms with van der Waals surface area (Å²) >= 11 is 0. The second-order valence-corrected chi connectivity index (χ2v) is 7.46. The predicted octanol–water partition coefficient (Wildman–Crippen LogP) is 1.65. The summed E-state index contributed by atoms with van der Waals surface area (Å²) in [5.74, 6) is -0.768. The highest BCUT2D eigenvalue weighted by molar-refractivity contribution is 5.91. The number of amides is 2. The van der Waals surface area contributed by atoms with Gasteiger partial charge in [0, 0.05) is 0 Å². The summed E-state index contributed by atoms with van der Waals surface area (Å²) in [6.45, 7) is 5.10. The summed E-state index contributed by atoms with van der Waals surface area (Å²) in [5.41, 5.74) is -0.0469. The van der Waals surface area contributed by atoms with Crippen LogP contribution in [0.5, 0.6) is 0 Å². The molecular formula is C20H26N2O7. The summed E-state index contributed by atoms with van der Waals surface area (Å²) in [6, 6.07) is 7.13. The number of carbonyl (C=O) groups excluding carboxylic acids is 3. The molecule has 3 N–H and O–H groups in total. The van der Waals surface area contributed by atoms with E-state index in [-0.39, 0.29) is 12.2 Å². The minimum atomic E-state index is -1.39. The standard InChI is InChI=1S/C20H26N2O7/c1-20(2,3)29-19(26)22-15-14(10-13(16(15)23)17(24)27-4)21-18(25)28-11-12-8-6-5-7-9-12/h5-10,14-16,23H,11H2,1-4H3,(H,21,25)(H,22,26)/t14-,15-,16-/m1/s1. The first-order chi connectivity index (χ1) is 13.6. The van der Waals surface area contributed by atoms with Gasteiger partial charge < -0.3 is 30.0 Å². The fourth-order valence-electron chi connectivity index (χ4n) is 2.74. The Labute approximate surface area is 169 Å². The van der Waals surface area contributed by atoms with E-state index in [1.807, 2.05) is 18.2 Å². The number of alkyl carbamates (subject to hydrolysis) is 2. The maximum Gasteiger partial charge on any atom is 0.408 e. The fraction of sp³-hybridized carbons (Fsp3) is 0.450. The van der Waals surface area contributed by atoms with E-state index in [1.54, 1.807) is 32.9 Å². The highest BCUT2D eigenvalue weighted by atomic mass is 16.6. The minimum absolute atomic E-state index is 0.0414. The summed E-state index contributed by atoms with van der Waals surface area (Å²) < 4.78 is 15.0. The Kier molecular flexibility index (Phi) is 7.22. The van der Waals surface area contributed by atoms with E-state index in [0.717, 1.165) is 5.56 Å². The van der Waals surface area contributed by atoms with Crippen LogP contribution in [-0.2, 0) is 25.6 Å². The number of hydrogen-bond acceptors (Lipinski definition) is 7. The molecule has 29 heavy (non-hydrogen) atoms. The van der Waals surface area contributed by atoms with Crippen molar-refractivity contribution < 1.29 is 33.7 Å². The van der Waals surface area contributed by atoms with Crippen LogP contribution in [0, 0.1) is 0 Å². The molecule has 158 valence electrons. The number of aliphatic hydroxyl groups excluding tert-OH is 1. The van der Waals surface area contributed by atoms with E-state index in [2.05, 4.69) is 15.4 Å². The Hall–Kier alpha value is -3.07. The van der Waals surface area contributed by atoms with E-state index < -0.39 is 41.9 Å². The zero-order valence-electron chi connectivity index (χ0n) is 16.8. The van der Waals surface area contributed by atoms with Gasteiger partial charge in [-0.2, -0.15) is 0 Å². The zero-order chi connectivity index (χ0) is 21.6. The van der Waals surface area contributed by atoms with Gasteiger partial charge in [-0.1, -0.05) is 30.3 Å². The van der Waals surface area contributed by atoms with Crippen LogP contribution < -0.4 is 10.6 Å². The predicted molar refractivity (Wildman–Crippen MR) is 103 cm³/mol. The number of carbonyl (C=O) groups is 3. The molecule has 9 nitrogen and oxygen atoms in total. The monoisotopic (exact) mass is 406 g/mol. The van der Waals surface area contributed by atoms with Gasteiger partial charge in [-0.25, -0.2) is 14.4 Å². The molecule has 0 fully saturated rings. The average Bonchev–Trinajstić information content (AvgIpc) is 2.94. The number of esters is 1. The van der Waals surface area contributed by atoms with Crippen molar-refractivity contribution in [1.82, 2.24) is 10.6 Å². The molecule has 1 aliphatic carbocycles. The molecular weight excluding hydrogens is 380 g/mol. The van der Waals surface area contributed by atoms with Gasteiger partial charge >= 0.3 is 18.2 Å². The van der Waals surface area contributed by atoms with Crippen LogP contribution in [0.25, 0.3) is 0 Å². The largest absolute Gasteiger partial charge is 0.466 e. The first kappa shape index (κ1) is 22.2. The number of ether oxygens (including phenoxy) is 3. The van der Waals surface area contributed by atoms with Gasteiger partial charge in [0.15, 0.2) is 0 Å². The third kappa shape index (κ3) is 6.49. The molecule has 1 aliphatic rings. The summed E-state index contributed by atoms with van der Waals surface area (Å²) in [6.07, 6.45) is -1.65. The second kappa shape index (κ2) is 9.42. The van der Waals surface area contributed by atoms with E-state index in [9.17, 15) is 19.5 Å². The third-order valence-corrected chi connectivity index (χ3v) is 4.01. The highest BCUT2D eigenvalue weighted by Gasteiger charge is 2.42. The molecule has 0 aromatic heterocycles. The minimum Gasteiger partial charge on any atom is -0.466 e. The lowest BCUT2D eigenvalue weighted by atomic mass is 10.1. The topological polar surface area (TPSA) is 123 Å². The number of methoxy groups -OCH3 is 1. The van der Waals surface area contributed by atoms with Crippen molar-refractivity contribution in [2.45, 2.75) is 51.2 Å². The molecule has 0 bridgehead atoms. The number of benzene rings is 1. The maximum atomic E-state index is 12.2. The van der Waals surface area contributed by atoms with Crippen LogP contribution in [0.4, 0.5) is 9.59 Å². The quantitative estimate of drug-likeness (QED) is 0.502. The number of hydrogen-bond donors (Lipinski definition) is 3.